The Labute approximate surface area is 135 Å². The first kappa shape index (κ1) is 17.1. The van der Waals surface area contributed by atoms with Crippen molar-refractivity contribution in [1.82, 2.24) is 0 Å². The Hall–Kier alpha value is -1.31. The van der Waals surface area contributed by atoms with Crippen molar-refractivity contribution >= 4 is 6.21 Å². The molecule has 0 radical (unpaired) electrons. The summed E-state index contributed by atoms with van der Waals surface area (Å²) in [5.74, 6) is 1.49. The van der Waals surface area contributed by atoms with Crippen molar-refractivity contribution in [1.29, 1.82) is 0 Å². The minimum Gasteiger partial charge on any atom is -0.507 e. The van der Waals surface area contributed by atoms with E-state index in [1.54, 1.807) is 0 Å². The second-order valence-corrected chi connectivity index (χ2v) is 7.09. The highest BCUT2D eigenvalue weighted by Crippen LogP contribution is 2.33. The van der Waals surface area contributed by atoms with Gasteiger partial charge in [0, 0.05) is 11.8 Å². The molecule has 0 spiro atoms. The van der Waals surface area contributed by atoms with Crippen LogP contribution >= 0.6 is 0 Å². The van der Waals surface area contributed by atoms with Crippen LogP contribution in [0.4, 0.5) is 0 Å². The van der Waals surface area contributed by atoms with E-state index >= 15 is 0 Å². The highest BCUT2D eigenvalue weighted by Gasteiger charge is 2.20. The maximum absolute atomic E-state index is 10.6. The topological polar surface area (TPSA) is 32.6 Å². The van der Waals surface area contributed by atoms with E-state index in [2.05, 4.69) is 39.8 Å². The number of hydrogen-bond acceptors (Lipinski definition) is 2. The Bertz CT molecular complexity index is 521. The van der Waals surface area contributed by atoms with Gasteiger partial charge in [0.15, 0.2) is 0 Å². The van der Waals surface area contributed by atoms with Gasteiger partial charge in [0.1, 0.15) is 5.75 Å². The van der Waals surface area contributed by atoms with E-state index in [1.807, 2.05) is 6.21 Å². The van der Waals surface area contributed by atoms with Gasteiger partial charge in [-0.25, -0.2) is 0 Å². The van der Waals surface area contributed by atoms with Gasteiger partial charge in [-0.3, -0.25) is 4.99 Å². The predicted molar refractivity (Wildman–Crippen MR) is 95.2 cm³/mol. The second-order valence-electron chi connectivity index (χ2n) is 7.09. The molecular weight excluding hydrogens is 270 g/mol. The van der Waals surface area contributed by atoms with Gasteiger partial charge in [0.05, 0.1) is 6.04 Å². The molecule has 0 heterocycles. The molecule has 0 saturated heterocycles. The number of benzene rings is 1. The predicted octanol–water partition coefficient (Wildman–Crippen LogP) is 5.60. The Balaban J connectivity index is 2.23. The molecule has 2 nitrogen and oxygen atoms in total. The normalized spacial score (nSPS) is 23.8. The van der Waals surface area contributed by atoms with Gasteiger partial charge in [-0.05, 0) is 55.2 Å². The van der Waals surface area contributed by atoms with Gasteiger partial charge in [-0.1, -0.05) is 46.1 Å². The summed E-state index contributed by atoms with van der Waals surface area (Å²) in [4.78, 5) is 4.80. The maximum Gasteiger partial charge on any atom is 0.127 e. The summed E-state index contributed by atoms with van der Waals surface area (Å²) in [5, 5.41) is 10.6. The SMILES string of the molecule is CCCC(C)c1cc(C)cc(C=NC2CCCCC2C)c1O. The molecule has 1 N–H and O–H groups in total. The molecule has 3 atom stereocenters. The van der Waals surface area contributed by atoms with Crippen LogP contribution in [-0.2, 0) is 0 Å². The monoisotopic (exact) mass is 301 g/mol. The van der Waals surface area contributed by atoms with Crippen molar-refractivity contribution in [3.63, 3.8) is 0 Å². The molecular formula is C20H31NO. The van der Waals surface area contributed by atoms with Crippen molar-refractivity contribution < 1.29 is 5.11 Å². The number of rotatable bonds is 5. The van der Waals surface area contributed by atoms with Gasteiger partial charge in [-0.2, -0.15) is 0 Å². The molecule has 2 heteroatoms. The first-order valence-electron chi connectivity index (χ1n) is 8.89. The lowest BCUT2D eigenvalue weighted by molar-refractivity contribution is 0.333. The Kier molecular flexibility index (Phi) is 6.05. The van der Waals surface area contributed by atoms with Gasteiger partial charge in [0.2, 0.25) is 0 Å². The average molecular weight is 301 g/mol. The van der Waals surface area contributed by atoms with Crippen molar-refractivity contribution in [3.8, 4) is 5.75 Å². The number of aliphatic imine (C=N–C) groups is 1. The minimum atomic E-state index is 0.394. The van der Waals surface area contributed by atoms with Crippen LogP contribution in [0.15, 0.2) is 17.1 Å². The average Bonchev–Trinajstić information content (AvgIpc) is 2.49. The van der Waals surface area contributed by atoms with Gasteiger partial charge in [0.25, 0.3) is 0 Å². The number of phenols is 1. The van der Waals surface area contributed by atoms with Gasteiger partial charge in [-0.15, -0.1) is 0 Å². The first-order chi connectivity index (χ1) is 10.5. The molecule has 122 valence electrons. The molecule has 3 unspecified atom stereocenters. The third-order valence-corrected chi connectivity index (χ3v) is 5.04. The summed E-state index contributed by atoms with van der Waals surface area (Å²) in [6.45, 7) is 8.78. The highest BCUT2D eigenvalue weighted by molar-refractivity contribution is 5.84. The molecule has 1 aromatic carbocycles. The third kappa shape index (κ3) is 4.12. The molecule has 1 fully saturated rings. The third-order valence-electron chi connectivity index (χ3n) is 5.04. The molecule has 1 aliphatic rings. The molecule has 1 saturated carbocycles. The molecule has 0 aliphatic heterocycles. The van der Waals surface area contributed by atoms with Gasteiger partial charge >= 0.3 is 0 Å². The zero-order chi connectivity index (χ0) is 16.1. The number of hydrogen-bond donors (Lipinski definition) is 1. The largest absolute Gasteiger partial charge is 0.507 e. The summed E-state index contributed by atoms with van der Waals surface area (Å²) in [5.41, 5.74) is 3.16. The molecule has 0 aromatic heterocycles. The van der Waals surface area contributed by atoms with E-state index < -0.39 is 0 Å². The zero-order valence-electron chi connectivity index (χ0n) is 14.6. The van der Waals surface area contributed by atoms with Gasteiger partial charge < -0.3 is 5.11 Å². The summed E-state index contributed by atoms with van der Waals surface area (Å²) >= 11 is 0. The smallest absolute Gasteiger partial charge is 0.127 e. The van der Waals surface area contributed by atoms with Crippen LogP contribution in [-0.4, -0.2) is 17.4 Å². The Morgan fingerprint density at radius 1 is 1.32 bits per heavy atom. The zero-order valence-corrected chi connectivity index (χ0v) is 14.6. The van der Waals surface area contributed by atoms with Crippen LogP contribution in [0, 0.1) is 12.8 Å². The molecule has 22 heavy (non-hydrogen) atoms. The fourth-order valence-electron chi connectivity index (χ4n) is 3.59. The summed E-state index contributed by atoms with van der Waals surface area (Å²) in [6, 6.07) is 4.59. The quantitative estimate of drug-likeness (QED) is 0.705. The summed E-state index contributed by atoms with van der Waals surface area (Å²) in [7, 11) is 0. The van der Waals surface area contributed by atoms with E-state index in [0.29, 0.717) is 23.6 Å². The number of aryl methyl sites for hydroxylation is 1. The van der Waals surface area contributed by atoms with Crippen LogP contribution in [0.3, 0.4) is 0 Å². The standard InChI is InChI=1S/C20H31NO/c1-5-8-15(3)18-12-14(2)11-17(20(18)22)13-21-19-10-7-6-9-16(19)4/h11-13,15-16,19,22H,5-10H2,1-4H3. The molecule has 0 amide bonds. The van der Waals surface area contributed by atoms with Crippen LogP contribution in [0.5, 0.6) is 5.75 Å². The lowest BCUT2D eigenvalue weighted by Gasteiger charge is -2.25. The van der Waals surface area contributed by atoms with Crippen LogP contribution in [0.2, 0.25) is 0 Å². The fraction of sp³-hybridized carbons (Fsp3) is 0.650. The van der Waals surface area contributed by atoms with Crippen molar-refractivity contribution in [2.24, 2.45) is 10.9 Å². The number of phenolic OH excluding ortho intramolecular Hbond substituents is 1. The lowest BCUT2D eigenvalue weighted by atomic mass is 9.86. The summed E-state index contributed by atoms with van der Waals surface area (Å²) in [6.07, 6.45) is 9.23. The Morgan fingerprint density at radius 2 is 2.05 bits per heavy atom. The second kappa shape index (κ2) is 7.80. The number of aromatic hydroxyl groups is 1. The van der Waals surface area contributed by atoms with Crippen LogP contribution in [0.25, 0.3) is 0 Å². The van der Waals surface area contributed by atoms with Crippen molar-refractivity contribution in [2.45, 2.75) is 78.2 Å². The molecule has 2 rings (SSSR count). The first-order valence-corrected chi connectivity index (χ1v) is 8.89. The van der Waals surface area contributed by atoms with E-state index in [4.69, 9.17) is 4.99 Å². The molecule has 1 aliphatic carbocycles. The van der Waals surface area contributed by atoms with Crippen LogP contribution < -0.4 is 0 Å². The van der Waals surface area contributed by atoms with Crippen LogP contribution in [0.1, 0.15) is 81.9 Å². The molecule has 0 bridgehead atoms. The summed E-state index contributed by atoms with van der Waals surface area (Å²) < 4.78 is 0. The lowest BCUT2D eigenvalue weighted by Crippen LogP contribution is -2.20. The Morgan fingerprint density at radius 3 is 2.73 bits per heavy atom. The van der Waals surface area contributed by atoms with E-state index in [9.17, 15) is 5.11 Å². The highest BCUT2D eigenvalue weighted by atomic mass is 16.3. The van der Waals surface area contributed by atoms with E-state index in [-0.39, 0.29) is 0 Å². The molecule has 1 aromatic rings. The minimum absolute atomic E-state index is 0.394. The van der Waals surface area contributed by atoms with E-state index in [1.165, 1.54) is 31.2 Å². The van der Waals surface area contributed by atoms with E-state index in [0.717, 1.165) is 24.0 Å². The van der Waals surface area contributed by atoms with Crippen molar-refractivity contribution in [3.05, 3.63) is 28.8 Å². The fourth-order valence-corrected chi connectivity index (χ4v) is 3.59. The van der Waals surface area contributed by atoms with Crippen molar-refractivity contribution in [2.75, 3.05) is 0 Å². The maximum atomic E-state index is 10.6. The number of nitrogens with zero attached hydrogens (tertiary/aromatic N) is 1.